The van der Waals surface area contributed by atoms with Crippen LogP contribution in [0.1, 0.15) is 60.6 Å². The van der Waals surface area contributed by atoms with Crippen LogP contribution in [-0.2, 0) is 17.9 Å². The number of hydrogen-bond donors (Lipinski definition) is 1. The molecule has 0 radical (unpaired) electrons. The molecule has 3 aromatic rings. The molecule has 7 heteroatoms. The third-order valence-electron chi connectivity index (χ3n) is 6.96. The molecule has 1 unspecified atom stereocenters. The van der Waals surface area contributed by atoms with Gasteiger partial charge in [-0.1, -0.05) is 55.2 Å². The Balaban J connectivity index is 1.50. The van der Waals surface area contributed by atoms with E-state index >= 15 is 0 Å². The van der Waals surface area contributed by atoms with E-state index in [9.17, 15) is 9.59 Å². The molecule has 1 saturated carbocycles. The van der Waals surface area contributed by atoms with Crippen LogP contribution in [0.4, 0.5) is 0 Å². The fourth-order valence-electron chi connectivity index (χ4n) is 4.90. The van der Waals surface area contributed by atoms with Gasteiger partial charge in [0.25, 0.3) is 5.91 Å². The maximum atomic E-state index is 13.8. The molecule has 5 rings (SSSR count). The van der Waals surface area contributed by atoms with Crippen LogP contribution < -0.4 is 5.32 Å². The molecule has 0 saturated heterocycles. The molecule has 1 N–H and O–H groups in total. The van der Waals surface area contributed by atoms with E-state index in [1.54, 1.807) is 20.9 Å². The van der Waals surface area contributed by atoms with Gasteiger partial charge in [0.1, 0.15) is 16.9 Å². The van der Waals surface area contributed by atoms with E-state index in [0.717, 1.165) is 41.8 Å². The molecule has 33 heavy (non-hydrogen) atoms. The lowest BCUT2D eigenvalue weighted by Gasteiger charge is -2.44. The van der Waals surface area contributed by atoms with Crippen molar-refractivity contribution in [1.82, 2.24) is 20.0 Å². The van der Waals surface area contributed by atoms with Crippen LogP contribution in [0.5, 0.6) is 0 Å². The monoisotopic (exact) mass is 462 g/mol. The standard InChI is InChI=1S/C26H30N4O2S/c1-18-10-12-19(13-11-18)16-29-24(31)22-15-21(23-9-6-14-33-23)28-30(22)17-26(29,2)25(32)27-20-7-4-3-5-8-20/h6,9-15,20H,3-5,7-8,16-17H2,1-2H3,(H,27,32). The quantitative estimate of drug-likeness (QED) is 0.593. The molecule has 1 aliphatic heterocycles. The third-order valence-corrected chi connectivity index (χ3v) is 7.85. The Kier molecular flexibility index (Phi) is 5.83. The Bertz CT molecular complexity index is 1150. The summed E-state index contributed by atoms with van der Waals surface area (Å²) in [5.74, 6) is -0.243. The number of thiophene rings is 1. The second-order valence-corrected chi connectivity index (χ2v) is 10.5. The Morgan fingerprint density at radius 2 is 1.94 bits per heavy atom. The fourth-order valence-corrected chi connectivity index (χ4v) is 5.58. The molecule has 0 bridgehead atoms. The second kappa shape index (κ2) is 8.78. The predicted octanol–water partition coefficient (Wildman–Crippen LogP) is 4.78. The van der Waals surface area contributed by atoms with Gasteiger partial charge in [0, 0.05) is 12.6 Å². The molecule has 1 atom stereocenters. The first-order valence-electron chi connectivity index (χ1n) is 11.7. The highest BCUT2D eigenvalue weighted by atomic mass is 32.1. The maximum absolute atomic E-state index is 13.8. The minimum atomic E-state index is -1.02. The van der Waals surface area contributed by atoms with Crippen molar-refractivity contribution in [2.45, 2.75) is 70.6 Å². The number of fused-ring (bicyclic) bond motifs is 1. The second-order valence-electron chi connectivity index (χ2n) is 9.51. The normalized spacial score (nSPS) is 21.2. The molecular weight excluding hydrogens is 432 g/mol. The number of nitrogens with zero attached hydrogens (tertiary/aromatic N) is 3. The highest BCUT2D eigenvalue weighted by molar-refractivity contribution is 7.13. The molecule has 0 spiro atoms. The van der Waals surface area contributed by atoms with Gasteiger partial charge in [-0.25, -0.2) is 0 Å². The zero-order valence-electron chi connectivity index (χ0n) is 19.2. The summed E-state index contributed by atoms with van der Waals surface area (Å²) in [7, 11) is 0. The number of aromatic nitrogens is 2. The van der Waals surface area contributed by atoms with Crippen LogP contribution >= 0.6 is 11.3 Å². The molecule has 2 aliphatic rings. The van der Waals surface area contributed by atoms with Crippen LogP contribution in [0.3, 0.4) is 0 Å². The van der Waals surface area contributed by atoms with Crippen LogP contribution in [0.15, 0.2) is 47.8 Å². The van der Waals surface area contributed by atoms with Crippen molar-refractivity contribution in [1.29, 1.82) is 0 Å². The van der Waals surface area contributed by atoms with Gasteiger partial charge >= 0.3 is 0 Å². The van der Waals surface area contributed by atoms with Crippen LogP contribution in [0.2, 0.25) is 0 Å². The Morgan fingerprint density at radius 3 is 2.64 bits per heavy atom. The topological polar surface area (TPSA) is 67.2 Å². The number of amides is 2. The van der Waals surface area contributed by atoms with E-state index in [1.165, 1.54) is 12.0 Å². The Labute approximate surface area is 198 Å². The molecule has 2 aromatic heterocycles. The molecule has 1 fully saturated rings. The first-order chi connectivity index (χ1) is 15.9. The Hall–Kier alpha value is -2.93. The van der Waals surface area contributed by atoms with Crippen molar-refractivity contribution in [3.63, 3.8) is 0 Å². The van der Waals surface area contributed by atoms with Gasteiger partial charge in [-0.3, -0.25) is 14.3 Å². The molecule has 6 nitrogen and oxygen atoms in total. The number of carbonyl (C=O) groups excluding carboxylic acids is 2. The number of nitrogens with one attached hydrogen (secondary N) is 1. The van der Waals surface area contributed by atoms with Crippen LogP contribution in [0.25, 0.3) is 10.6 Å². The minimum Gasteiger partial charge on any atom is -0.351 e. The van der Waals surface area contributed by atoms with Crippen molar-refractivity contribution in [3.05, 3.63) is 64.7 Å². The predicted molar refractivity (Wildman–Crippen MR) is 130 cm³/mol. The van der Waals surface area contributed by atoms with Crippen molar-refractivity contribution in [2.24, 2.45) is 0 Å². The lowest BCUT2D eigenvalue weighted by atomic mass is 9.91. The van der Waals surface area contributed by atoms with E-state index in [1.807, 2.05) is 61.7 Å². The number of carbonyl (C=O) groups is 2. The summed E-state index contributed by atoms with van der Waals surface area (Å²) >= 11 is 1.59. The van der Waals surface area contributed by atoms with Crippen molar-refractivity contribution in [2.75, 3.05) is 0 Å². The summed E-state index contributed by atoms with van der Waals surface area (Å²) in [6.45, 7) is 4.64. The molecule has 3 heterocycles. The van der Waals surface area contributed by atoms with Gasteiger partial charge in [-0.15, -0.1) is 11.3 Å². The molecule has 172 valence electrons. The SMILES string of the molecule is Cc1ccc(CN2C(=O)c3cc(-c4cccs4)nn3CC2(C)C(=O)NC2CCCCC2)cc1. The summed E-state index contributed by atoms with van der Waals surface area (Å²) in [6.07, 6.45) is 5.51. The number of benzene rings is 1. The summed E-state index contributed by atoms with van der Waals surface area (Å²) in [4.78, 5) is 30.2. The largest absolute Gasteiger partial charge is 0.351 e. The fraction of sp³-hybridized carbons (Fsp3) is 0.423. The summed E-state index contributed by atoms with van der Waals surface area (Å²) in [5.41, 5.74) is 2.47. The molecule has 1 aliphatic carbocycles. The first kappa shape index (κ1) is 21.9. The van der Waals surface area contributed by atoms with E-state index in [0.29, 0.717) is 18.8 Å². The summed E-state index contributed by atoms with van der Waals surface area (Å²) < 4.78 is 1.73. The molecule has 1 aromatic carbocycles. The average molecular weight is 463 g/mol. The smallest absolute Gasteiger partial charge is 0.273 e. The van der Waals surface area contributed by atoms with Gasteiger partial charge in [-0.2, -0.15) is 5.10 Å². The van der Waals surface area contributed by atoms with Gasteiger partial charge in [0.2, 0.25) is 5.91 Å². The van der Waals surface area contributed by atoms with E-state index < -0.39 is 5.54 Å². The van der Waals surface area contributed by atoms with Gasteiger partial charge in [-0.05, 0) is 49.8 Å². The summed E-state index contributed by atoms with van der Waals surface area (Å²) in [5, 5.41) is 9.99. The van der Waals surface area contributed by atoms with E-state index in [4.69, 9.17) is 5.10 Å². The zero-order valence-corrected chi connectivity index (χ0v) is 20.0. The molecular formula is C26H30N4O2S. The maximum Gasteiger partial charge on any atom is 0.273 e. The Morgan fingerprint density at radius 1 is 1.18 bits per heavy atom. The third kappa shape index (κ3) is 4.22. The van der Waals surface area contributed by atoms with Crippen molar-refractivity contribution < 1.29 is 9.59 Å². The number of hydrogen-bond acceptors (Lipinski definition) is 4. The molecule has 2 amide bonds. The number of aryl methyl sites for hydroxylation is 1. The summed E-state index contributed by atoms with van der Waals surface area (Å²) in [6, 6.07) is 14.2. The minimum absolute atomic E-state index is 0.0892. The van der Waals surface area contributed by atoms with Gasteiger partial charge in [0.05, 0.1) is 11.4 Å². The lowest BCUT2D eigenvalue weighted by molar-refractivity contribution is -0.134. The van der Waals surface area contributed by atoms with E-state index in [2.05, 4.69) is 5.32 Å². The average Bonchev–Trinajstić information content (AvgIpc) is 3.48. The van der Waals surface area contributed by atoms with Crippen molar-refractivity contribution in [3.8, 4) is 10.6 Å². The highest BCUT2D eigenvalue weighted by Gasteiger charge is 2.48. The van der Waals surface area contributed by atoms with Crippen LogP contribution in [0, 0.1) is 6.92 Å². The number of rotatable bonds is 5. The van der Waals surface area contributed by atoms with E-state index in [-0.39, 0.29) is 17.9 Å². The zero-order chi connectivity index (χ0) is 23.0. The van der Waals surface area contributed by atoms with Crippen molar-refractivity contribution >= 4 is 23.2 Å². The lowest BCUT2D eigenvalue weighted by Crippen LogP contribution is -2.64. The highest BCUT2D eigenvalue weighted by Crippen LogP contribution is 2.33. The first-order valence-corrected chi connectivity index (χ1v) is 12.6. The van der Waals surface area contributed by atoms with Crippen LogP contribution in [-0.4, -0.2) is 38.1 Å². The van der Waals surface area contributed by atoms with Gasteiger partial charge < -0.3 is 10.2 Å². The van der Waals surface area contributed by atoms with Gasteiger partial charge in [0.15, 0.2) is 0 Å².